The molecule has 0 aliphatic carbocycles. The average molecular weight is 242 g/mol. The quantitative estimate of drug-likeness (QED) is 0.863. The molecule has 4 heteroatoms. The number of carbonyl (C=O) groups is 1. The third kappa shape index (κ3) is 2.85. The third-order valence-corrected chi connectivity index (χ3v) is 2.66. The molecule has 2 rings (SSSR count). The molecular formula is C14H14N2O2. The molecule has 18 heavy (non-hydrogen) atoms. The number of aromatic amines is 1. The highest BCUT2D eigenvalue weighted by Crippen LogP contribution is 2.11. The smallest absolute Gasteiger partial charge is 0.268 e. The SMILES string of the molecule is C[C@@H](NC(=O)c1cccc(=O)[nH]1)c1ccccc1. The molecule has 0 spiro atoms. The lowest BCUT2D eigenvalue weighted by molar-refractivity contribution is 0.0934. The first-order valence-electron chi connectivity index (χ1n) is 5.72. The number of hydrogen-bond acceptors (Lipinski definition) is 2. The molecule has 1 aromatic carbocycles. The van der Waals surface area contributed by atoms with Gasteiger partial charge in [0.05, 0.1) is 6.04 Å². The van der Waals surface area contributed by atoms with E-state index in [-0.39, 0.29) is 23.2 Å². The van der Waals surface area contributed by atoms with Gasteiger partial charge in [0.2, 0.25) is 5.56 Å². The largest absolute Gasteiger partial charge is 0.344 e. The molecule has 1 amide bonds. The van der Waals surface area contributed by atoms with Crippen molar-refractivity contribution < 1.29 is 4.79 Å². The van der Waals surface area contributed by atoms with Crippen LogP contribution in [0.3, 0.4) is 0 Å². The van der Waals surface area contributed by atoms with E-state index in [9.17, 15) is 9.59 Å². The summed E-state index contributed by atoms with van der Waals surface area (Å²) in [7, 11) is 0. The molecule has 0 unspecified atom stereocenters. The van der Waals surface area contributed by atoms with Crippen LogP contribution in [0, 0.1) is 0 Å². The van der Waals surface area contributed by atoms with Crippen molar-refractivity contribution in [2.24, 2.45) is 0 Å². The fourth-order valence-corrected chi connectivity index (χ4v) is 1.68. The number of amides is 1. The van der Waals surface area contributed by atoms with Crippen LogP contribution in [-0.4, -0.2) is 10.9 Å². The Hall–Kier alpha value is -2.36. The summed E-state index contributed by atoms with van der Waals surface area (Å²) in [6.07, 6.45) is 0. The molecule has 2 N–H and O–H groups in total. The summed E-state index contributed by atoms with van der Waals surface area (Å²) < 4.78 is 0. The molecule has 0 bridgehead atoms. The molecule has 0 saturated carbocycles. The van der Waals surface area contributed by atoms with Crippen molar-refractivity contribution in [1.29, 1.82) is 0 Å². The number of pyridine rings is 1. The molecule has 4 nitrogen and oxygen atoms in total. The van der Waals surface area contributed by atoms with Gasteiger partial charge in [-0.3, -0.25) is 9.59 Å². The first-order chi connectivity index (χ1) is 8.66. The molecule has 0 aliphatic heterocycles. The van der Waals surface area contributed by atoms with E-state index in [0.717, 1.165) is 5.56 Å². The minimum absolute atomic E-state index is 0.109. The lowest BCUT2D eigenvalue weighted by atomic mass is 10.1. The zero-order valence-corrected chi connectivity index (χ0v) is 10.0. The second-order valence-corrected chi connectivity index (χ2v) is 4.03. The highest BCUT2D eigenvalue weighted by molar-refractivity contribution is 5.92. The van der Waals surface area contributed by atoms with E-state index in [1.165, 1.54) is 6.07 Å². The Balaban J connectivity index is 2.11. The zero-order chi connectivity index (χ0) is 13.0. The van der Waals surface area contributed by atoms with Gasteiger partial charge in [-0.25, -0.2) is 0 Å². The molecular weight excluding hydrogens is 228 g/mol. The van der Waals surface area contributed by atoms with E-state index < -0.39 is 0 Å². The fraction of sp³-hybridized carbons (Fsp3) is 0.143. The van der Waals surface area contributed by atoms with Crippen LogP contribution in [0.5, 0.6) is 0 Å². The van der Waals surface area contributed by atoms with Gasteiger partial charge in [-0.2, -0.15) is 0 Å². The molecule has 92 valence electrons. The Morgan fingerprint density at radius 2 is 1.83 bits per heavy atom. The van der Waals surface area contributed by atoms with Crippen LogP contribution in [0.4, 0.5) is 0 Å². The van der Waals surface area contributed by atoms with Gasteiger partial charge in [-0.15, -0.1) is 0 Å². The summed E-state index contributed by atoms with van der Waals surface area (Å²) in [5.41, 5.74) is 1.00. The van der Waals surface area contributed by atoms with E-state index in [0.29, 0.717) is 0 Å². The second-order valence-electron chi connectivity index (χ2n) is 4.03. The highest BCUT2D eigenvalue weighted by Gasteiger charge is 2.11. The normalized spacial score (nSPS) is 11.8. The molecule has 1 atom stereocenters. The molecule has 0 aliphatic rings. The third-order valence-electron chi connectivity index (χ3n) is 2.66. The maximum Gasteiger partial charge on any atom is 0.268 e. The Kier molecular flexibility index (Phi) is 3.57. The van der Waals surface area contributed by atoms with Crippen LogP contribution >= 0.6 is 0 Å². The minimum Gasteiger partial charge on any atom is -0.344 e. The highest BCUT2D eigenvalue weighted by atomic mass is 16.2. The van der Waals surface area contributed by atoms with E-state index in [1.807, 2.05) is 37.3 Å². The van der Waals surface area contributed by atoms with Crippen molar-refractivity contribution in [3.63, 3.8) is 0 Å². The summed E-state index contributed by atoms with van der Waals surface area (Å²) in [6.45, 7) is 1.90. The predicted octanol–water partition coefficient (Wildman–Crippen LogP) is 1.87. The second kappa shape index (κ2) is 5.31. The monoisotopic (exact) mass is 242 g/mol. The van der Waals surface area contributed by atoms with Crippen molar-refractivity contribution in [3.8, 4) is 0 Å². The van der Waals surface area contributed by atoms with Crippen molar-refractivity contribution in [2.75, 3.05) is 0 Å². The maximum atomic E-state index is 11.9. The minimum atomic E-state index is -0.288. The van der Waals surface area contributed by atoms with Crippen LogP contribution < -0.4 is 10.9 Å². The number of rotatable bonds is 3. The zero-order valence-electron chi connectivity index (χ0n) is 10.0. The number of hydrogen-bond donors (Lipinski definition) is 2. The Morgan fingerprint density at radius 3 is 2.50 bits per heavy atom. The topological polar surface area (TPSA) is 62.0 Å². The number of nitrogens with one attached hydrogen (secondary N) is 2. The van der Waals surface area contributed by atoms with Crippen LogP contribution in [0.1, 0.15) is 29.0 Å². The first kappa shape index (κ1) is 12.1. The van der Waals surface area contributed by atoms with Crippen molar-refractivity contribution in [2.45, 2.75) is 13.0 Å². The lowest BCUT2D eigenvalue weighted by Crippen LogP contribution is -2.28. The van der Waals surface area contributed by atoms with Crippen LogP contribution in [0.25, 0.3) is 0 Å². The molecule has 1 heterocycles. The number of aromatic nitrogens is 1. The predicted molar refractivity (Wildman–Crippen MR) is 69.4 cm³/mol. The van der Waals surface area contributed by atoms with E-state index in [4.69, 9.17) is 0 Å². The van der Waals surface area contributed by atoms with Gasteiger partial charge < -0.3 is 10.3 Å². The summed E-state index contributed by atoms with van der Waals surface area (Å²) in [4.78, 5) is 25.5. The van der Waals surface area contributed by atoms with Gasteiger partial charge in [0.15, 0.2) is 0 Å². The van der Waals surface area contributed by atoms with Crippen LogP contribution in [-0.2, 0) is 0 Å². The number of H-pyrrole nitrogens is 1. The average Bonchev–Trinajstić information content (AvgIpc) is 2.39. The summed E-state index contributed by atoms with van der Waals surface area (Å²) in [5, 5.41) is 2.83. The Morgan fingerprint density at radius 1 is 1.11 bits per heavy atom. The van der Waals surface area contributed by atoms with Crippen LogP contribution in [0.15, 0.2) is 53.3 Å². The molecule has 0 radical (unpaired) electrons. The Bertz CT molecular complexity index is 590. The van der Waals surface area contributed by atoms with Crippen molar-refractivity contribution >= 4 is 5.91 Å². The van der Waals surface area contributed by atoms with Gasteiger partial charge in [0, 0.05) is 6.07 Å². The van der Waals surface area contributed by atoms with Gasteiger partial charge >= 0.3 is 0 Å². The molecule has 0 saturated heterocycles. The summed E-state index contributed by atoms with van der Waals surface area (Å²) in [5.74, 6) is -0.288. The van der Waals surface area contributed by atoms with Gasteiger partial charge in [0.25, 0.3) is 5.91 Å². The van der Waals surface area contributed by atoms with E-state index >= 15 is 0 Å². The fourth-order valence-electron chi connectivity index (χ4n) is 1.68. The number of benzene rings is 1. The van der Waals surface area contributed by atoms with Gasteiger partial charge in [-0.05, 0) is 18.6 Å². The van der Waals surface area contributed by atoms with Crippen molar-refractivity contribution in [3.05, 3.63) is 70.1 Å². The molecule has 2 aromatic rings. The van der Waals surface area contributed by atoms with E-state index in [2.05, 4.69) is 10.3 Å². The van der Waals surface area contributed by atoms with Crippen LogP contribution in [0.2, 0.25) is 0 Å². The lowest BCUT2D eigenvalue weighted by Gasteiger charge is -2.13. The standard InChI is InChI=1S/C14H14N2O2/c1-10(11-6-3-2-4-7-11)15-14(18)12-8-5-9-13(17)16-12/h2-10H,1H3,(H,15,18)(H,16,17)/t10-/m1/s1. The van der Waals surface area contributed by atoms with Gasteiger partial charge in [-0.1, -0.05) is 36.4 Å². The first-order valence-corrected chi connectivity index (χ1v) is 5.72. The summed E-state index contributed by atoms with van der Waals surface area (Å²) >= 11 is 0. The van der Waals surface area contributed by atoms with Crippen molar-refractivity contribution in [1.82, 2.24) is 10.3 Å². The summed E-state index contributed by atoms with van der Waals surface area (Å²) in [6, 6.07) is 14.0. The number of carbonyl (C=O) groups excluding carboxylic acids is 1. The molecule has 1 aromatic heterocycles. The maximum absolute atomic E-state index is 11.9. The molecule has 0 fully saturated rings. The Labute approximate surface area is 105 Å². The van der Waals surface area contributed by atoms with Gasteiger partial charge in [0.1, 0.15) is 5.69 Å². The van der Waals surface area contributed by atoms with E-state index in [1.54, 1.807) is 12.1 Å².